The Morgan fingerprint density at radius 3 is 2.40 bits per heavy atom. The SMILES string of the molecule is CC(C)C[C@@H](c1c(F)ccc(F)c1O)N1CCNCC1. The van der Waals surface area contributed by atoms with E-state index >= 15 is 0 Å². The van der Waals surface area contributed by atoms with Gasteiger partial charge in [0.15, 0.2) is 11.6 Å². The van der Waals surface area contributed by atoms with E-state index in [4.69, 9.17) is 0 Å². The molecule has 1 fully saturated rings. The number of hydrogen-bond acceptors (Lipinski definition) is 3. The maximum Gasteiger partial charge on any atom is 0.165 e. The van der Waals surface area contributed by atoms with Gasteiger partial charge in [0, 0.05) is 37.8 Å². The van der Waals surface area contributed by atoms with Crippen molar-refractivity contribution in [2.75, 3.05) is 26.2 Å². The first-order valence-corrected chi connectivity index (χ1v) is 7.12. The van der Waals surface area contributed by atoms with Gasteiger partial charge in [0.1, 0.15) is 5.82 Å². The summed E-state index contributed by atoms with van der Waals surface area (Å²) < 4.78 is 27.7. The molecule has 2 rings (SSSR count). The second kappa shape index (κ2) is 6.50. The fourth-order valence-corrected chi connectivity index (χ4v) is 2.76. The molecule has 5 heteroatoms. The molecule has 0 spiro atoms. The van der Waals surface area contributed by atoms with E-state index in [1.165, 1.54) is 0 Å². The second-order valence-electron chi connectivity index (χ2n) is 5.72. The van der Waals surface area contributed by atoms with Crippen LogP contribution in [0.2, 0.25) is 0 Å². The topological polar surface area (TPSA) is 35.5 Å². The summed E-state index contributed by atoms with van der Waals surface area (Å²) in [4.78, 5) is 2.12. The van der Waals surface area contributed by atoms with Crippen molar-refractivity contribution < 1.29 is 13.9 Å². The summed E-state index contributed by atoms with van der Waals surface area (Å²) in [5.74, 6) is -1.51. The van der Waals surface area contributed by atoms with Gasteiger partial charge in [-0.05, 0) is 24.5 Å². The van der Waals surface area contributed by atoms with Crippen LogP contribution in [0.15, 0.2) is 12.1 Å². The largest absolute Gasteiger partial charge is 0.505 e. The number of piperazine rings is 1. The van der Waals surface area contributed by atoms with Gasteiger partial charge < -0.3 is 10.4 Å². The van der Waals surface area contributed by atoms with Crippen LogP contribution >= 0.6 is 0 Å². The third-order valence-corrected chi connectivity index (χ3v) is 3.73. The Balaban J connectivity index is 2.37. The lowest BCUT2D eigenvalue weighted by atomic mass is 9.93. The zero-order valence-corrected chi connectivity index (χ0v) is 12.0. The Hall–Kier alpha value is -1.20. The summed E-state index contributed by atoms with van der Waals surface area (Å²) in [6, 6.07) is 1.78. The van der Waals surface area contributed by atoms with E-state index in [0.717, 1.165) is 38.3 Å². The first kappa shape index (κ1) is 15.2. The van der Waals surface area contributed by atoms with Gasteiger partial charge in [-0.2, -0.15) is 0 Å². The molecule has 1 aliphatic rings. The molecule has 2 N–H and O–H groups in total. The number of phenols is 1. The van der Waals surface area contributed by atoms with Crippen molar-refractivity contribution in [3.8, 4) is 5.75 Å². The molecule has 1 atom stereocenters. The number of phenolic OH excluding ortho intramolecular Hbond substituents is 1. The first-order chi connectivity index (χ1) is 9.50. The van der Waals surface area contributed by atoms with Crippen LogP contribution < -0.4 is 5.32 Å². The Kier molecular flexibility index (Phi) is 4.94. The van der Waals surface area contributed by atoms with Crippen LogP contribution in [0.1, 0.15) is 31.9 Å². The molecule has 20 heavy (non-hydrogen) atoms. The molecule has 3 nitrogen and oxygen atoms in total. The standard InChI is InChI=1S/C15H22F2N2O/c1-10(2)9-13(19-7-5-18-6-8-19)14-11(16)3-4-12(17)15(14)20/h3-4,10,13,18,20H,5-9H2,1-2H3/t13-/m0/s1. The lowest BCUT2D eigenvalue weighted by molar-refractivity contribution is 0.147. The minimum Gasteiger partial charge on any atom is -0.505 e. The van der Waals surface area contributed by atoms with Crippen molar-refractivity contribution in [3.63, 3.8) is 0 Å². The molecule has 0 saturated carbocycles. The zero-order valence-electron chi connectivity index (χ0n) is 12.0. The molecular weight excluding hydrogens is 262 g/mol. The molecule has 0 aliphatic carbocycles. The molecule has 1 heterocycles. The average molecular weight is 284 g/mol. The highest BCUT2D eigenvalue weighted by molar-refractivity contribution is 5.37. The van der Waals surface area contributed by atoms with Gasteiger partial charge in [0.05, 0.1) is 0 Å². The van der Waals surface area contributed by atoms with E-state index in [2.05, 4.69) is 10.2 Å². The van der Waals surface area contributed by atoms with Crippen LogP contribution in [-0.2, 0) is 0 Å². The zero-order chi connectivity index (χ0) is 14.7. The summed E-state index contributed by atoms with van der Waals surface area (Å²) >= 11 is 0. The van der Waals surface area contributed by atoms with E-state index in [9.17, 15) is 13.9 Å². The number of halogens is 2. The van der Waals surface area contributed by atoms with Gasteiger partial charge in [-0.3, -0.25) is 4.90 Å². The number of nitrogens with one attached hydrogen (secondary N) is 1. The molecule has 1 aromatic carbocycles. The van der Waals surface area contributed by atoms with Gasteiger partial charge in [-0.25, -0.2) is 8.78 Å². The second-order valence-corrected chi connectivity index (χ2v) is 5.72. The molecule has 1 aliphatic heterocycles. The van der Waals surface area contributed by atoms with E-state index in [1.807, 2.05) is 13.8 Å². The Morgan fingerprint density at radius 2 is 1.80 bits per heavy atom. The highest BCUT2D eigenvalue weighted by Gasteiger charge is 2.29. The van der Waals surface area contributed by atoms with E-state index in [1.54, 1.807) is 0 Å². The lowest BCUT2D eigenvalue weighted by Crippen LogP contribution is -2.45. The summed E-state index contributed by atoms with van der Waals surface area (Å²) in [6.07, 6.45) is 0.688. The van der Waals surface area contributed by atoms with Crippen LogP contribution in [0, 0.1) is 17.6 Å². The van der Waals surface area contributed by atoms with Crippen molar-refractivity contribution in [2.45, 2.75) is 26.3 Å². The molecule has 0 unspecified atom stereocenters. The third-order valence-electron chi connectivity index (χ3n) is 3.73. The normalized spacial score (nSPS) is 18.4. The molecule has 1 aromatic rings. The van der Waals surface area contributed by atoms with Crippen molar-refractivity contribution in [1.82, 2.24) is 10.2 Å². The summed E-state index contributed by atoms with van der Waals surface area (Å²) in [5.41, 5.74) is 0.0978. The Labute approximate surface area is 118 Å². The number of hydrogen-bond donors (Lipinski definition) is 2. The van der Waals surface area contributed by atoms with Crippen LogP contribution in [0.5, 0.6) is 5.75 Å². The summed E-state index contributed by atoms with van der Waals surface area (Å²) in [6.45, 7) is 7.28. The number of benzene rings is 1. The number of nitrogens with zero attached hydrogens (tertiary/aromatic N) is 1. The lowest BCUT2D eigenvalue weighted by Gasteiger charge is -2.36. The first-order valence-electron chi connectivity index (χ1n) is 7.12. The summed E-state index contributed by atoms with van der Waals surface area (Å²) in [7, 11) is 0. The molecule has 0 radical (unpaired) electrons. The molecule has 0 amide bonds. The highest BCUT2D eigenvalue weighted by Crippen LogP contribution is 2.37. The maximum atomic E-state index is 14.1. The van der Waals surface area contributed by atoms with E-state index < -0.39 is 17.4 Å². The number of rotatable bonds is 4. The van der Waals surface area contributed by atoms with Crippen LogP contribution in [0.3, 0.4) is 0 Å². The van der Waals surface area contributed by atoms with Gasteiger partial charge in [-0.1, -0.05) is 13.8 Å². The minimum atomic E-state index is -0.759. The molecule has 0 aromatic heterocycles. The van der Waals surface area contributed by atoms with Crippen molar-refractivity contribution >= 4 is 0 Å². The molecule has 0 bridgehead atoms. The fraction of sp³-hybridized carbons (Fsp3) is 0.600. The molecule has 1 saturated heterocycles. The fourth-order valence-electron chi connectivity index (χ4n) is 2.76. The smallest absolute Gasteiger partial charge is 0.165 e. The Bertz CT molecular complexity index is 459. The van der Waals surface area contributed by atoms with E-state index in [0.29, 0.717) is 12.3 Å². The van der Waals surface area contributed by atoms with Crippen molar-refractivity contribution in [3.05, 3.63) is 29.3 Å². The Morgan fingerprint density at radius 1 is 1.20 bits per heavy atom. The summed E-state index contributed by atoms with van der Waals surface area (Å²) in [5, 5.41) is 13.2. The van der Waals surface area contributed by atoms with Gasteiger partial charge in [0.2, 0.25) is 0 Å². The number of aromatic hydroxyl groups is 1. The monoisotopic (exact) mass is 284 g/mol. The van der Waals surface area contributed by atoms with Crippen molar-refractivity contribution in [2.24, 2.45) is 5.92 Å². The van der Waals surface area contributed by atoms with Crippen LogP contribution in [0.4, 0.5) is 8.78 Å². The van der Waals surface area contributed by atoms with Crippen molar-refractivity contribution in [1.29, 1.82) is 0 Å². The maximum absolute atomic E-state index is 14.1. The van der Waals surface area contributed by atoms with Gasteiger partial charge in [0.25, 0.3) is 0 Å². The highest BCUT2D eigenvalue weighted by atomic mass is 19.1. The predicted octanol–water partition coefficient (Wildman–Crippen LogP) is 2.66. The minimum absolute atomic E-state index is 0.0978. The van der Waals surface area contributed by atoms with Gasteiger partial charge in [-0.15, -0.1) is 0 Å². The van der Waals surface area contributed by atoms with Gasteiger partial charge >= 0.3 is 0 Å². The third kappa shape index (κ3) is 3.27. The van der Waals surface area contributed by atoms with Crippen LogP contribution in [-0.4, -0.2) is 36.2 Å². The predicted molar refractivity (Wildman–Crippen MR) is 74.7 cm³/mol. The molecule has 112 valence electrons. The average Bonchev–Trinajstić information content (AvgIpc) is 2.43. The van der Waals surface area contributed by atoms with Crippen LogP contribution in [0.25, 0.3) is 0 Å². The van der Waals surface area contributed by atoms with E-state index in [-0.39, 0.29) is 11.6 Å². The quantitative estimate of drug-likeness (QED) is 0.892. The molecular formula is C15H22F2N2O.